The summed E-state index contributed by atoms with van der Waals surface area (Å²) in [5.74, 6) is -1.24. The van der Waals surface area contributed by atoms with E-state index in [1.165, 1.54) is 26.4 Å². The number of benzene rings is 6. The fourth-order valence-corrected chi connectivity index (χ4v) is 7.09. The molecular formula is C42H33F3O10S. The highest BCUT2D eigenvalue weighted by Gasteiger charge is 2.49. The van der Waals surface area contributed by atoms with Crippen LogP contribution in [-0.4, -0.2) is 39.2 Å². The second-order valence-electron chi connectivity index (χ2n) is 12.6. The normalized spacial score (nSPS) is 15.0. The highest BCUT2D eigenvalue weighted by atomic mass is 32.2. The number of hydrogen-bond acceptors (Lipinski definition) is 10. The number of aliphatic hydroxyl groups is 1. The Balaban J connectivity index is 1.51. The molecule has 0 radical (unpaired) electrons. The number of carbonyl (C=O) groups excluding carboxylic acids is 1. The van der Waals surface area contributed by atoms with Gasteiger partial charge in [-0.1, -0.05) is 91.0 Å². The van der Waals surface area contributed by atoms with E-state index in [1.807, 2.05) is 30.3 Å². The molecule has 2 atom stereocenters. The molecule has 0 heterocycles. The topological polar surface area (TPSA) is 127 Å². The number of fused-ring (bicyclic) bond motifs is 4. The Bertz CT molecular complexity index is 2500. The smallest absolute Gasteiger partial charge is 0.496 e. The Morgan fingerprint density at radius 2 is 1.29 bits per heavy atom. The molecule has 288 valence electrons. The molecule has 1 aliphatic carbocycles. The van der Waals surface area contributed by atoms with Crippen LogP contribution >= 0.6 is 0 Å². The molecule has 0 saturated heterocycles. The van der Waals surface area contributed by atoms with E-state index < -0.39 is 39.6 Å². The number of alkyl halides is 3. The first-order valence-electron chi connectivity index (χ1n) is 17.1. The van der Waals surface area contributed by atoms with Crippen LogP contribution in [0.25, 0.3) is 21.9 Å². The molecule has 6 aromatic carbocycles. The predicted molar refractivity (Wildman–Crippen MR) is 199 cm³/mol. The first-order valence-corrected chi connectivity index (χ1v) is 18.5. The lowest BCUT2D eigenvalue weighted by atomic mass is 9.78. The van der Waals surface area contributed by atoms with Gasteiger partial charge in [0.1, 0.15) is 48.1 Å². The number of methoxy groups -OCH3 is 2. The first-order chi connectivity index (χ1) is 26.9. The van der Waals surface area contributed by atoms with Crippen LogP contribution in [0.4, 0.5) is 13.2 Å². The zero-order valence-electron chi connectivity index (χ0n) is 29.8. The minimum atomic E-state index is -6.19. The molecular weight excluding hydrogens is 754 g/mol. The maximum absolute atomic E-state index is 13.7. The number of halogens is 3. The van der Waals surface area contributed by atoms with Crippen LogP contribution in [0.3, 0.4) is 0 Å². The summed E-state index contributed by atoms with van der Waals surface area (Å²) >= 11 is 0. The summed E-state index contributed by atoms with van der Waals surface area (Å²) in [7, 11) is -3.41. The molecule has 0 unspecified atom stereocenters. The average molecular weight is 787 g/mol. The second-order valence-corrected chi connectivity index (χ2v) is 14.1. The maximum atomic E-state index is 13.7. The highest BCUT2D eigenvalue weighted by molar-refractivity contribution is 7.88. The van der Waals surface area contributed by atoms with E-state index in [0.29, 0.717) is 22.1 Å². The minimum absolute atomic E-state index is 0.0760. The molecule has 14 heteroatoms. The van der Waals surface area contributed by atoms with Gasteiger partial charge in [-0.3, -0.25) is 0 Å². The van der Waals surface area contributed by atoms with E-state index in [9.17, 15) is 31.5 Å². The molecule has 1 aliphatic rings. The van der Waals surface area contributed by atoms with Gasteiger partial charge in [0.15, 0.2) is 6.10 Å². The molecule has 6 aromatic rings. The van der Waals surface area contributed by atoms with Gasteiger partial charge in [-0.05, 0) is 35.4 Å². The average Bonchev–Trinajstić information content (AvgIpc) is 3.20. The molecule has 0 bridgehead atoms. The number of aliphatic hydroxyl groups excluding tert-OH is 1. The van der Waals surface area contributed by atoms with E-state index in [0.717, 1.165) is 17.7 Å². The Kier molecular flexibility index (Phi) is 10.5. The van der Waals surface area contributed by atoms with E-state index in [-0.39, 0.29) is 58.3 Å². The SMILES string of the molecule is COc1c2c(c(OC)c3c(OCc4ccccc4)cccc13)[C@H](O)[C@@H](OC(=O)c1ccccc1)c1cc(OS(=O)(=O)C(F)(F)F)cc(OCc3ccccc3)c1-2. The summed E-state index contributed by atoms with van der Waals surface area (Å²) in [6, 6.07) is 33.1. The lowest BCUT2D eigenvalue weighted by Crippen LogP contribution is -2.28. The number of ether oxygens (including phenoxy) is 5. The van der Waals surface area contributed by atoms with Gasteiger partial charge in [0.2, 0.25) is 0 Å². The Morgan fingerprint density at radius 1 is 0.714 bits per heavy atom. The molecule has 0 aliphatic heterocycles. The van der Waals surface area contributed by atoms with Crippen molar-refractivity contribution in [1.82, 2.24) is 0 Å². The van der Waals surface area contributed by atoms with Gasteiger partial charge in [-0.25, -0.2) is 4.79 Å². The number of esters is 1. The van der Waals surface area contributed by atoms with Gasteiger partial charge >= 0.3 is 21.6 Å². The van der Waals surface area contributed by atoms with Gasteiger partial charge in [0.25, 0.3) is 0 Å². The van der Waals surface area contributed by atoms with Gasteiger partial charge < -0.3 is 33.0 Å². The quantitative estimate of drug-likeness (QED) is 0.0731. The number of carbonyl (C=O) groups is 1. The summed E-state index contributed by atoms with van der Waals surface area (Å²) in [5.41, 5.74) is -3.93. The molecule has 10 nitrogen and oxygen atoms in total. The van der Waals surface area contributed by atoms with E-state index in [2.05, 4.69) is 4.18 Å². The summed E-state index contributed by atoms with van der Waals surface area (Å²) in [6.07, 6.45) is -3.47. The summed E-state index contributed by atoms with van der Waals surface area (Å²) in [6.45, 7) is 0.0336. The van der Waals surface area contributed by atoms with Gasteiger partial charge in [0.05, 0.1) is 25.2 Å². The van der Waals surface area contributed by atoms with E-state index in [4.69, 9.17) is 23.7 Å². The molecule has 0 aromatic heterocycles. The van der Waals surface area contributed by atoms with Crippen molar-refractivity contribution in [1.29, 1.82) is 0 Å². The standard InChI is InChI=1S/C42H33F3O10S/c1-50-38-29-19-12-20-31(52-23-25-13-6-3-7-14-25)34(29)40(51-2)36-35(38)33-30(39(37(36)46)54-41(47)27-17-10-5-11-18-27)21-28(55-56(48,49)42(43,44)45)22-32(33)53-24-26-15-8-4-9-16-26/h3-22,37,39,46H,23-24H2,1-2H3/t37-,39-/m0/s1. The molecule has 7 rings (SSSR count). The summed E-state index contributed by atoms with van der Waals surface area (Å²) in [4.78, 5) is 13.7. The van der Waals surface area contributed by atoms with Crippen molar-refractivity contribution in [3.63, 3.8) is 0 Å². The van der Waals surface area contributed by atoms with Crippen LogP contribution in [0.2, 0.25) is 0 Å². The molecule has 0 saturated carbocycles. The van der Waals surface area contributed by atoms with Crippen LogP contribution in [0, 0.1) is 0 Å². The predicted octanol–water partition coefficient (Wildman–Crippen LogP) is 8.86. The zero-order chi connectivity index (χ0) is 39.6. The summed E-state index contributed by atoms with van der Waals surface area (Å²) < 4.78 is 101. The van der Waals surface area contributed by atoms with Crippen molar-refractivity contribution in [2.24, 2.45) is 0 Å². The maximum Gasteiger partial charge on any atom is 0.534 e. The molecule has 0 amide bonds. The fourth-order valence-electron chi connectivity index (χ4n) is 6.65. The van der Waals surface area contributed by atoms with Crippen LogP contribution in [0.5, 0.6) is 28.7 Å². The first kappa shape index (κ1) is 38.0. The second kappa shape index (κ2) is 15.5. The minimum Gasteiger partial charge on any atom is -0.496 e. The fraction of sp³-hybridized carbons (Fsp3) is 0.167. The van der Waals surface area contributed by atoms with E-state index >= 15 is 0 Å². The Labute approximate surface area is 319 Å². The van der Waals surface area contributed by atoms with Crippen LogP contribution in [-0.2, 0) is 28.1 Å². The van der Waals surface area contributed by atoms with Crippen molar-refractivity contribution in [2.75, 3.05) is 14.2 Å². The van der Waals surface area contributed by atoms with Gasteiger partial charge in [-0.15, -0.1) is 0 Å². The van der Waals surface area contributed by atoms with Crippen molar-refractivity contribution < 1.29 is 59.4 Å². The third-order valence-corrected chi connectivity index (χ3v) is 10.1. The zero-order valence-corrected chi connectivity index (χ0v) is 30.6. The van der Waals surface area contributed by atoms with Gasteiger partial charge in [0, 0.05) is 33.7 Å². The number of rotatable bonds is 12. The van der Waals surface area contributed by atoms with Crippen molar-refractivity contribution >= 4 is 26.9 Å². The lowest BCUT2D eigenvalue weighted by molar-refractivity contribution is -0.0500. The molecule has 56 heavy (non-hydrogen) atoms. The molecule has 1 N–H and O–H groups in total. The summed E-state index contributed by atoms with van der Waals surface area (Å²) in [5, 5.41) is 13.2. The van der Waals surface area contributed by atoms with Crippen LogP contribution in [0.15, 0.2) is 121 Å². The molecule has 0 fully saturated rings. The third-order valence-electron chi connectivity index (χ3n) is 9.10. The highest BCUT2D eigenvalue weighted by Crippen LogP contribution is 2.60. The van der Waals surface area contributed by atoms with Crippen LogP contribution < -0.4 is 23.1 Å². The molecule has 0 spiro atoms. The number of hydrogen-bond donors (Lipinski definition) is 1. The third kappa shape index (κ3) is 7.28. The van der Waals surface area contributed by atoms with Crippen LogP contribution in [0.1, 0.15) is 44.8 Å². The largest absolute Gasteiger partial charge is 0.534 e. The lowest BCUT2D eigenvalue weighted by Gasteiger charge is -2.35. The monoisotopic (exact) mass is 786 g/mol. The van der Waals surface area contributed by atoms with E-state index in [1.54, 1.807) is 66.7 Å². The van der Waals surface area contributed by atoms with Crippen molar-refractivity contribution in [2.45, 2.75) is 30.9 Å². The van der Waals surface area contributed by atoms with Crippen molar-refractivity contribution in [3.05, 3.63) is 149 Å². The van der Waals surface area contributed by atoms with Crippen molar-refractivity contribution in [3.8, 4) is 39.9 Å². The van der Waals surface area contributed by atoms with Gasteiger partial charge in [-0.2, -0.15) is 21.6 Å². The Hall–Kier alpha value is -6.25. The Morgan fingerprint density at radius 3 is 1.86 bits per heavy atom.